The Bertz CT molecular complexity index is 981. The number of hydrogen-bond donors (Lipinski definition) is 1. The molecule has 0 radical (unpaired) electrons. The molecular weight excluding hydrogens is 358 g/mol. The van der Waals surface area contributed by atoms with Gasteiger partial charge in [-0.3, -0.25) is 14.2 Å². The molecule has 9 heteroatoms. The average molecular weight is 385 g/mol. The summed E-state index contributed by atoms with van der Waals surface area (Å²) in [7, 11) is 0. The standard InChI is InChI=1S/C19H27N7O2/c1-7-25-15(10-12(4)23-25)19-22-21-17(28-19)9-8-16(27)20-18-13(5)24-26(11(2)3)14(18)6/h10-11H,7-9H2,1-6H3,(H,20,27). The predicted molar refractivity (Wildman–Crippen MR) is 105 cm³/mol. The number of carbonyl (C=O) groups is 1. The van der Waals surface area contributed by atoms with E-state index in [2.05, 4.69) is 39.6 Å². The van der Waals surface area contributed by atoms with Crippen LogP contribution in [-0.2, 0) is 17.8 Å². The fraction of sp³-hybridized carbons (Fsp3) is 0.526. The zero-order chi connectivity index (χ0) is 20.4. The minimum atomic E-state index is -0.108. The summed E-state index contributed by atoms with van der Waals surface area (Å²) in [5.41, 5.74) is 4.21. The van der Waals surface area contributed by atoms with Gasteiger partial charge in [-0.1, -0.05) is 0 Å². The van der Waals surface area contributed by atoms with Crippen LogP contribution < -0.4 is 5.32 Å². The summed E-state index contributed by atoms with van der Waals surface area (Å²) >= 11 is 0. The van der Waals surface area contributed by atoms with Crippen LogP contribution in [0.3, 0.4) is 0 Å². The number of aryl methyl sites for hydroxylation is 4. The lowest BCUT2D eigenvalue weighted by atomic mass is 10.2. The zero-order valence-electron chi connectivity index (χ0n) is 17.3. The van der Waals surface area contributed by atoms with Gasteiger partial charge >= 0.3 is 0 Å². The van der Waals surface area contributed by atoms with Crippen molar-refractivity contribution in [2.45, 2.75) is 67.0 Å². The smallest absolute Gasteiger partial charge is 0.265 e. The molecule has 150 valence electrons. The highest BCUT2D eigenvalue weighted by molar-refractivity contribution is 5.91. The van der Waals surface area contributed by atoms with E-state index in [-0.39, 0.29) is 18.4 Å². The Hall–Kier alpha value is -2.97. The van der Waals surface area contributed by atoms with Gasteiger partial charge in [0.05, 0.1) is 22.8 Å². The molecule has 9 nitrogen and oxygen atoms in total. The van der Waals surface area contributed by atoms with E-state index >= 15 is 0 Å². The maximum absolute atomic E-state index is 12.4. The Balaban J connectivity index is 1.64. The summed E-state index contributed by atoms with van der Waals surface area (Å²) in [5, 5.41) is 20.0. The van der Waals surface area contributed by atoms with Gasteiger partial charge in [0.2, 0.25) is 11.8 Å². The molecule has 3 aromatic rings. The lowest BCUT2D eigenvalue weighted by molar-refractivity contribution is -0.116. The first kappa shape index (κ1) is 19.8. The summed E-state index contributed by atoms with van der Waals surface area (Å²) in [5.74, 6) is 0.740. The van der Waals surface area contributed by atoms with E-state index in [0.29, 0.717) is 24.7 Å². The zero-order valence-corrected chi connectivity index (χ0v) is 17.3. The molecule has 3 rings (SSSR count). The highest BCUT2D eigenvalue weighted by atomic mass is 16.4. The number of rotatable bonds is 7. The average Bonchev–Trinajstić information content (AvgIpc) is 3.33. The second-order valence-corrected chi connectivity index (χ2v) is 7.12. The van der Waals surface area contributed by atoms with Crippen molar-refractivity contribution in [2.75, 3.05) is 5.32 Å². The van der Waals surface area contributed by atoms with Crippen molar-refractivity contribution in [1.82, 2.24) is 29.8 Å². The van der Waals surface area contributed by atoms with Gasteiger partial charge in [-0.25, -0.2) is 0 Å². The molecule has 0 saturated carbocycles. The monoisotopic (exact) mass is 385 g/mol. The molecule has 28 heavy (non-hydrogen) atoms. The molecule has 1 amide bonds. The molecule has 1 N–H and O–H groups in total. The third-order valence-corrected chi connectivity index (χ3v) is 4.53. The van der Waals surface area contributed by atoms with Crippen LogP contribution in [0.1, 0.15) is 56.2 Å². The largest absolute Gasteiger partial charge is 0.419 e. The number of nitrogens with one attached hydrogen (secondary N) is 1. The third-order valence-electron chi connectivity index (χ3n) is 4.53. The van der Waals surface area contributed by atoms with E-state index in [0.717, 1.165) is 28.5 Å². The van der Waals surface area contributed by atoms with Crippen molar-refractivity contribution in [3.8, 4) is 11.6 Å². The van der Waals surface area contributed by atoms with Crippen molar-refractivity contribution in [3.05, 3.63) is 29.0 Å². The minimum absolute atomic E-state index is 0.108. The molecule has 0 spiro atoms. The molecule has 0 unspecified atom stereocenters. The molecule has 0 atom stereocenters. The van der Waals surface area contributed by atoms with Gasteiger partial charge < -0.3 is 9.73 Å². The molecule has 0 aliphatic carbocycles. The normalized spacial score (nSPS) is 11.4. The van der Waals surface area contributed by atoms with E-state index in [1.165, 1.54) is 0 Å². The van der Waals surface area contributed by atoms with Crippen molar-refractivity contribution >= 4 is 11.6 Å². The van der Waals surface area contributed by atoms with E-state index < -0.39 is 0 Å². The van der Waals surface area contributed by atoms with E-state index in [1.54, 1.807) is 0 Å². The molecule has 0 aliphatic heterocycles. The minimum Gasteiger partial charge on any atom is -0.419 e. The number of nitrogens with zero attached hydrogens (tertiary/aromatic N) is 6. The third kappa shape index (κ3) is 3.97. The van der Waals surface area contributed by atoms with Gasteiger partial charge in [-0.15, -0.1) is 10.2 Å². The highest BCUT2D eigenvalue weighted by Crippen LogP contribution is 2.23. The van der Waals surface area contributed by atoms with Crippen LogP contribution in [0.5, 0.6) is 0 Å². The van der Waals surface area contributed by atoms with E-state index in [9.17, 15) is 4.79 Å². The van der Waals surface area contributed by atoms with E-state index in [1.807, 2.05) is 43.1 Å². The summed E-state index contributed by atoms with van der Waals surface area (Å²) in [6.07, 6.45) is 0.619. The highest BCUT2D eigenvalue weighted by Gasteiger charge is 2.18. The summed E-state index contributed by atoms with van der Waals surface area (Å²) < 4.78 is 9.46. The van der Waals surface area contributed by atoms with Crippen molar-refractivity contribution in [3.63, 3.8) is 0 Å². The maximum atomic E-state index is 12.4. The van der Waals surface area contributed by atoms with Crippen molar-refractivity contribution in [1.29, 1.82) is 0 Å². The van der Waals surface area contributed by atoms with Crippen molar-refractivity contribution < 1.29 is 9.21 Å². The molecule has 3 aromatic heterocycles. The second-order valence-electron chi connectivity index (χ2n) is 7.12. The first-order valence-corrected chi connectivity index (χ1v) is 9.52. The number of carbonyl (C=O) groups excluding carboxylic acids is 1. The van der Waals surface area contributed by atoms with Gasteiger partial charge in [0.15, 0.2) is 0 Å². The lowest BCUT2D eigenvalue weighted by Gasteiger charge is -2.09. The van der Waals surface area contributed by atoms with Crippen LogP contribution in [0.15, 0.2) is 10.5 Å². The van der Waals surface area contributed by atoms with Crippen LogP contribution in [-0.4, -0.2) is 35.7 Å². The first-order valence-electron chi connectivity index (χ1n) is 9.52. The van der Waals surface area contributed by atoms with E-state index in [4.69, 9.17) is 4.42 Å². The molecule has 0 bridgehead atoms. The fourth-order valence-electron chi connectivity index (χ4n) is 3.19. The van der Waals surface area contributed by atoms with Gasteiger partial charge in [-0.2, -0.15) is 10.2 Å². The van der Waals surface area contributed by atoms with Crippen LogP contribution in [0.25, 0.3) is 11.6 Å². The Morgan fingerprint density at radius 2 is 1.96 bits per heavy atom. The number of hydrogen-bond acceptors (Lipinski definition) is 6. The molecule has 0 aliphatic rings. The fourth-order valence-corrected chi connectivity index (χ4v) is 3.19. The molecule has 3 heterocycles. The number of aromatic nitrogens is 6. The topological polar surface area (TPSA) is 104 Å². The van der Waals surface area contributed by atoms with Gasteiger partial charge in [0, 0.05) is 25.4 Å². The Morgan fingerprint density at radius 3 is 2.61 bits per heavy atom. The predicted octanol–water partition coefficient (Wildman–Crippen LogP) is 3.23. The molecule has 0 saturated heterocycles. The van der Waals surface area contributed by atoms with Gasteiger partial charge in [0.1, 0.15) is 5.69 Å². The van der Waals surface area contributed by atoms with Crippen LogP contribution >= 0.6 is 0 Å². The molecule has 0 aromatic carbocycles. The quantitative estimate of drug-likeness (QED) is 0.670. The maximum Gasteiger partial charge on any atom is 0.265 e. The Kier molecular flexibility index (Phi) is 5.62. The summed E-state index contributed by atoms with van der Waals surface area (Å²) in [6.45, 7) is 12.6. The van der Waals surface area contributed by atoms with Crippen LogP contribution in [0.2, 0.25) is 0 Å². The number of amides is 1. The van der Waals surface area contributed by atoms with Gasteiger partial charge in [0.25, 0.3) is 5.89 Å². The molecular formula is C19H27N7O2. The Morgan fingerprint density at radius 1 is 1.21 bits per heavy atom. The number of anilines is 1. The van der Waals surface area contributed by atoms with Crippen LogP contribution in [0.4, 0.5) is 5.69 Å². The first-order chi connectivity index (χ1) is 13.3. The Labute approximate surface area is 164 Å². The summed E-state index contributed by atoms with van der Waals surface area (Å²) in [6, 6.07) is 2.15. The van der Waals surface area contributed by atoms with Crippen molar-refractivity contribution in [2.24, 2.45) is 0 Å². The van der Waals surface area contributed by atoms with Gasteiger partial charge in [-0.05, 0) is 47.6 Å². The SMILES string of the molecule is CCn1nc(C)cc1-c1nnc(CCC(=O)Nc2c(C)nn(C(C)C)c2C)o1. The summed E-state index contributed by atoms with van der Waals surface area (Å²) in [4.78, 5) is 12.4. The van der Waals surface area contributed by atoms with Crippen LogP contribution in [0, 0.1) is 20.8 Å². The second kappa shape index (κ2) is 7.95. The molecule has 0 fully saturated rings. The lowest BCUT2D eigenvalue weighted by Crippen LogP contribution is -2.14.